The number of carbonyl (C=O) groups excluding carboxylic acids is 1. The van der Waals surface area contributed by atoms with Crippen LogP contribution in [0, 0.1) is 5.92 Å². The molecule has 1 aliphatic rings. The molecule has 100 valence electrons. The molecule has 1 aliphatic heterocycles. The molecule has 0 N–H and O–H groups in total. The van der Waals surface area contributed by atoms with E-state index in [1.54, 1.807) is 11.3 Å². The minimum atomic E-state index is 0.0463. The third-order valence-electron chi connectivity index (χ3n) is 3.21. The fourth-order valence-electron chi connectivity index (χ4n) is 2.23. The third-order valence-corrected chi connectivity index (χ3v) is 3.94. The number of hydrogen-bond acceptors (Lipinski definition) is 3. The molecule has 18 heavy (non-hydrogen) atoms. The van der Waals surface area contributed by atoms with Gasteiger partial charge < -0.3 is 9.64 Å². The lowest BCUT2D eigenvalue weighted by atomic mass is 10.1. The van der Waals surface area contributed by atoms with Crippen molar-refractivity contribution in [3.63, 3.8) is 0 Å². The smallest absolute Gasteiger partial charge is 0.225 e. The van der Waals surface area contributed by atoms with Crippen molar-refractivity contribution in [3.05, 3.63) is 22.4 Å². The van der Waals surface area contributed by atoms with Crippen LogP contribution in [0.5, 0.6) is 0 Å². The van der Waals surface area contributed by atoms with Crippen LogP contribution in [0.1, 0.15) is 32.3 Å². The maximum absolute atomic E-state index is 12.2. The van der Waals surface area contributed by atoms with Crippen molar-refractivity contribution < 1.29 is 9.53 Å². The van der Waals surface area contributed by atoms with Gasteiger partial charge >= 0.3 is 0 Å². The average Bonchev–Trinajstić information content (AvgIpc) is 2.99. The molecule has 4 heteroatoms. The normalized spacial score (nSPS) is 19.4. The van der Waals surface area contributed by atoms with Gasteiger partial charge in [0.2, 0.25) is 5.91 Å². The Morgan fingerprint density at radius 2 is 2.44 bits per heavy atom. The Bertz CT molecular complexity index is 369. The van der Waals surface area contributed by atoms with Gasteiger partial charge in [-0.25, -0.2) is 0 Å². The lowest BCUT2D eigenvalue weighted by molar-refractivity contribution is -0.136. The number of nitrogens with zero attached hydrogens (tertiary/aromatic N) is 1. The third kappa shape index (κ3) is 3.56. The molecule has 0 aromatic carbocycles. The standard InChI is InChI=1S/C14H21NO2S/c1-11(2)14(16)15(8-12-5-7-18-10-12)9-13-4-3-6-17-13/h5,7,10-11,13H,3-4,6,8-9H2,1-2H3/t13-/m0/s1. The van der Waals surface area contributed by atoms with Crippen LogP contribution in [0.3, 0.4) is 0 Å². The van der Waals surface area contributed by atoms with Gasteiger partial charge in [0, 0.05) is 25.6 Å². The van der Waals surface area contributed by atoms with Crippen LogP contribution in [0.4, 0.5) is 0 Å². The zero-order chi connectivity index (χ0) is 13.0. The fraction of sp³-hybridized carbons (Fsp3) is 0.643. The Labute approximate surface area is 113 Å². The first-order valence-electron chi connectivity index (χ1n) is 6.58. The van der Waals surface area contributed by atoms with E-state index < -0.39 is 0 Å². The van der Waals surface area contributed by atoms with E-state index in [1.165, 1.54) is 5.56 Å². The summed E-state index contributed by atoms with van der Waals surface area (Å²) in [4.78, 5) is 14.2. The van der Waals surface area contributed by atoms with Gasteiger partial charge in [0.05, 0.1) is 6.10 Å². The molecule has 0 bridgehead atoms. The summed E-state index contributed by atoms with van der Waals surface area (Å²) in [7, 11) is 0. The molecule has 0 unspecified atom stereocenters. The number of hydrogen-bond donors (Lipinski definition) is 0. The number of rotatable bonds is 5. The van der Waals surface area contributed by atoms with Gasteiger partial charge in [-0.3, -0.25) is 4.79 Å². The van der Waals surface area contributed by atoms with E-state index in [1.807, 2.05) is 18.7 Å². The highest BCUT2D eigenvalue weighted by Crippen LogP contribution is 2.17. The van der Waals surface area contributed by atoms with E-state index in [2.05, 4.69) is 16.8 Å². The second-order valence-electron chi connectivity index (χ2n) is 5.14. The molecule has 2 heterocycles. The molecule has 3 nitrogen and oxygen atoms in total. The van der Waals surface area contributed by atoms with Crippen LogP contribution in [-0.2, 0) is 16.1 Å². The zero-order valence-corrected chi connectivity index (χ0v) is 11.9. The number of carbonyl (C=O) groups is 1. The Kier molecular flexibility index (Phi) is 4.78. The minimum Gasteiger partial charge on any atom is -0.376 e. The monoisotopic (exact) mass is 267 g/mol. The minimum absolute atomic E-state index is 0.0463. The van der Waals surface area contributed by atoms with Crippen LogP contribution in [0.2, 0.25) is 0 Å². The van der Waals surface area contributed by atoms with Gasteiger partial charge in [-0.15, -0.1) is 0 Å². The second kappa shape index (κ2) is 6.34. The highest BCUT2D eigenvalue weighted by Gasteiger charge is 2.24. The molecular weight excluding hydrogens is 246 g/mol. The number of amides is 1. The van der Waals surface area contributed by atoms with E-state index in [-0.39, 0.29) is 17.9 Å². The maximum Gasteiger partial charge on any atom is 0.225 e. The summed E-state index contributed by atoms with van der Waals surface area (Å²) in [6.07, 6.45) is 2.42. The molecular formula is C14H21NO2S. The summed E-state index contributed by atoms with van der Waals surface area (Å²) in [5.74, 6) is 0.265. The van der Waals surface area contributed by atoms with E-state index in [0.717, 1.165) is 26.0 Å². The molecule has 1 aromatic heterocycles. The van der Waals surface area contributed by atoms with Crippen molar-refractivity contribution in [1.82, 2.24) is 4.90 Å². The molecule has 2 rings (SSSR count). The van der Waals surface area contributed by atoms with Gasteiger partial charge in [0.1, 0.15) is 0 Å². The lowest BCUT2D eigenvalue weighted by Crippen LogP contribution is -2.39. The topological polar surface area (TPSA) is 29.5 Å². The Morgan fingerprint density at radius 3 is 3.00 bits per heavy atom. The van der Waals surface area contributed by atoms with Crippen molar-refractivity contribution in [3.8, 4) is 0 Å². The first-order chi connectivity index (χ1) is 8.66. The molecule has 1 fully saturated rings. The molecule has 1 atom stereocenters. The largest absolute Gasteiger partial charge is 0.376 e. The van der Waals surface area contributed by atoms with Crippen molar-refractivity contribution in [2.24, 2.45) is 5.92 Å². The Morgan fingerprint density at radius 1 is 1.61 bits per heavy atom. The van der Waals surface area contributed by atoms with Crippen molar-refractivity contribution in [2.75, 3.05) is 13.2 Å². The predicted octanol–water partition coefficient (Wildman–Crippen LogP) is 2.91. The molecule has 0 spiro atoms. The van der Waals surface area contributed by atoms with Crippen molar-refractivity contribution in [2.45, 2.75) is 39.3 Å². The Hall–Kier alpha value is -0.870. The zero-order valence-electron chi connectivity index (χ0n) is 11.1. The summed E-state index contributed by atoms with van der Waals surface area (Å²) in [6.45, 7) is 6.19. The second-order valence-corrected chi connectivity index (χ2v) is 5.92. The SMILES string of the molecule is CC(C)C(=O)N(Cc1ccsc1)C[C@@H]1CCCO1. The van der Waals surface area contributed by atoms with Crippen LogP contribution in [0.25, 0.3) is 0 Å². The molecule has 1 saturated heterocycles. The van der Waals surface area contributed by atoms with E-state index in [9.17, 15) is 4.79 Å². The van der Waals surface area contributed by atoms with E-state index >= 15 is 0 Å². The van der Waals surface area contributed by atoms with E-state index in [4.69, 9.17) is 4.74 Å². The van der Waals surface area contributed by atoms with Crippen LogP contribution in [-0.4, -0.2) is 30.1 Å². The van der Waals surface area contributed by atoms with Crippen molar-refractivity contribution >= 4 is 17.2 Å². The summed E-state index contributed by atoms with van der Waals surface area (Å²) < 4.78 is 5.64. The van der Waals surface area contributed by atoms with Gasteiger partial charge in [0.15, 0.2) is 0 Å². The summed E-state index contributed by atoms with van der Waals surface area (Å²) in [5.41, 5.74) is 1.21. The van der Waals surface area contributed by atoms with E-state index in [0.29, 0.717) is 6.54 Å². The molecule has 1 amide bonds. The summed E-state index contributed by atoms with van der Waals surface area (Å²) >= 11 is 1.68. The summed E-state index contributed by atoms with van der Waals surface area (Å²) in [6, 6.07) is 2.08. The average molecular weight is 267 g/mol. The fourth-order valence-corrected chi connectivity index (χ4v) is 2.89. The number of ether oxygens (including phenoxy) is 1. The van der Waals surface area contributed by atoms with Crippen LogP contribution in [0.15, 0.2) is 16.8 Å². The highest BCUT2D eigenvalue weighted by atomic mass is 32.1. The van der Waals surface area contributed by atoms with Gasteiger partial charge in [-0.2, -0.15) is 11.3 Å². The van der Waals surface area contributed by atoms with Gasteiger partial charge in [-0.05, 0) is 35.2 Å². The Balaban J connectivity index is 1.99. The highest BCUT2D eigenvalue weighted by molar-refractivity contribution is 7.07. The quantitative estimate of drug-likeness (QED) is 0.821. The maximum atomic E-state index is 12.2. The van der Waals surface area contributed by atoms with Crippen LogP contribution < -0.4 is 0 Å². The van der Waals surface area contributed by atoms with Gasteiger partial charge in [-0.1, -0.05) is 13.8 Å². The van der Waals surface area contributed by atoms with Crippen molar-refractivity contribution in [1.29, 1.82) is 0 Å². The lowest BCUT2D eigenvalue weighted by Gasteiger charge is -2.26. The van der Waals surface area contributed by atoms with Gasteiger partial charge in [0.25, 0.3) is 0 Å². The molecule has 0 saturated carbocycles. The number of thiophene rings is 1. The molecule has 0 radical (unpaired) electrons. The predicted molar refractivity (Wildman–Crippen MR) is 73.5 cm³/mol. The summed E-state index contributed by atoms with van der Waals surface area (Å²) in [5, 5.41) is 4.16. The first kappa shape index (κ1) is 13.6. The first-order valence-corrected chi connectivity index (χ1v) is 7.52. The molecule has 1 aromatic rings. The van der Waals surface area contributed by atoms with Crippen LogP contribution >= 0.6 is 11.3 Å². The molecule has 0 aliphatic carbocycles.